The number of rotatable bonds is 11. The van der Waals surface area contributed by atoms with E-state index in [9.17, 15) is 9.59 Å². The third-order valence-electron chi connectivity index (χ3n) is 6.28. The number of ether oxygens (including phenoxy) is 2. The van der Waals surface area contributed by atoms with Crippen LogP contribution in [0.15, 0.2) is 71.0 Å². The number of hydrogen-bond acceptors (Lipinski definition) is 8. The summed E-state index contributed by atoms with van der Waals surface area (Å²) in [5, 5.41) is 8.61. The van der Waals surface area contributed by atoms with Crippen molar-refractivity contribution < 1.29 is 19.1 Å². The molecule has 0 spiro atoms. The highest BCUT2D eigenvalue weighted by Crippen LogP contribution is 2.37. The van der Waals surface area contributed by atoms with Crippen molar-refractivity contribution in [2.45, 2.75) is 57.7 Å². The Morgan fingerprint density at radius 1 is 1.08 bits per heavy atom. The van der Waals surface area contributed by atoms with Gasteiger partial charge < -0.3 is 19.7 Å². The molecule has 0 bridgehead atoms. The third kappa shape index (κ3) is 6.81. The summed E-state index contributed by atoms with van der Waals surface area (Å²) in [5.41, 5.74) is 3.12. The zero-order chi connectivity index (χ0) is 27.9. The first-order valence-corrected chi connectivity index (χ1v) is 14.1. The van der Waals surface area contributed by atoms with Crippen LogP contribution < -0.4 is 10.1 Å². The molecule has 9 nitrogen and oxygen atoms in total. The number of benzene rings is 2. The van der Waals surface area contributed by atoms with Crippen LogP contribution in [0.4, 0.5) is 5.95 Å². The molecule has 0 radical (unpaired) electrons. The number of esters is 1. The van der Waals surface area contributed by atoms with Gasteiger partial charge in [-0.15, -0.1) is 5.10 Å². The molecule has 206 valence electrons. The second-order valence-corrected chi connectivity index (χ2v) is 10.3. The molecule has 39 heavy (non-hydrogen) atoms. The second-order valence-electron chi connectivity index (χ2n) is 9.38. The molecule has 2 aromatic carbocycles. The van der Waals surface area contributed by atoms with Crippen molar-refractivity contribution in [1.29, 1.82) is 0 Å². The van der Waals surface area contributed by atoms with E-state index in [-0.39, 0.29) is 18.6 Å². The Hall–Kier alpha value is -3.79. The van der Waals surface area contributed by atoms with Crippen molar-refractivity contribution in [3.8, 4) is 5.75 Å². The van der Waals surface area contributed by atoms with Gasteiger partial charge in [-0.05, 0) is 57.9 Å². The topological polar surface area (TPSA) is 98.6 Å². The molecular weight excluding hydrogens is 514 g/mol. The molecule has 10 heteroatoms. The Bertz CT molecular complexity index is 1320. The first kappa shape index (κ1) is 28.2. The molecule has 1 aromatic heterocycles. The van der Waals surface area contributed by atoms with E-state index < -0.39 is 12.0 Å². The number of hydrogen-bond donors (Lipinski definition) is 1. The van der Waals surface area contributed by atoms with Crippen molar-refractivity contribution in [1.82, 2.24) is 19.7 Å². The van der Waals surface area contributed by atoms with E-state index in [0.717, 1.165) is 11.3 Å². The fraction of sp³-hybridized carbons (Fsp3) is 0.379. The van der Waals surface area contributed by atoms with Crippen LogP contribution in [0.2, 0.25) is 0 Å². The maximum atomic E-state index is 13.2. The van der Waals surface area contributed by atoms with Gasteiger partial charge in [-0.2, -0.15) is 4.98 Å². The first-order valence-electron chi connectivity index (χ1n) is 13.1. The minimum absolute atomic E-state index is 0.0332. The summed E-state index contributed by atoms with van der Waals surface area (Å²) in [6.45, 7) is 10.6. The largest absolute Gasteiger partial charge is 0.484 e. The molecular formula is C29H35N5O4S. The predicted molar refractivity (Wildman–Crippen MR) is 152 cm³/mol. The molecule has 0 aliphatic carbocycles. The Morgan fingerprint density at radius 2 is 1.77 bits per heavy atom. The number of fused-ring (bicyclic) bond motifs is 1. The van der Waals surface area contributed by atoms with Gasteiger partial charge in [0, 0.05) is 24.5 Å². The standard InChI is InChI=1S/C29H35N5O4S/c1-6-33(7-2)24(35)17-37-23-15-13-22(14-16-23)26-25(27(36)38-19(3)4)20(5)30-28-31-29(32-34(26)28)39-18-21-11-9-8-10-12-21/h8-16,19,26H,6-7,17-18H2,1-5H3,(H,30,31,32). The van der Waals surface area contributed by atoms with Crippen LogP contribution in [0.25, 0.3) is 0 Å². The molecule has 1 N–H and O–H groups in total. The summed E-state index contributed by atoms with van der Waals surface area (Å²) < 4.78 is 13.1. The average Bonchev–Trinajstić information content (AvgIpc) is 3.33. The van der Waals surface area contributed by atoms with E-state index >= 15 is 0 Å². The number of thioether (sulfide) groups is 1. The highest BCUT2D eigenvalue weighted by Gasteiger charge is 2.35. The summed E-state index contributed by atoms with van der Waals surface area (Å²) >= 11 is 1.53. The smallest absolute Gasteiger partial charge is 0.338 e. The maximum absolute atomic E-state index is 13.2. The van der Waals surface area contributed by atoms with Gasteiger partial charge in [0.1, 0.15) is 11.8 Å². The highest BCUT2D eigenvalue weighted by molar-refractivity contribution is 7.98. The lowest BCUT2D eigenvalue weighted by Crippen LogP contribution is -2.34. The number of amides is 1. The lowest BCUT2D eigenvalue weighted by molar-refractivity contribution is -0.143. The molecule has 3 aromatic rings. The van der Waals surface area contributed by atoms with E-state index in [2.05, 4.69) is 17.4 Å². The zero-order valence-electron chi connectivity index (χ0n) is 23.0. The highest BCUT2D eigenvalue weighted by atomic mass is 32.2. The lowest BCUT2D eigenvalue weighted by Gasteiger charge is -2.28. The lowest BCUT2D eigenvalue weighted by atomic mass is 9.95. The quantitative estimate of drug-likeness (QED) is 0.262. The normalized spacial score (nSPS) is 14.6. The number of likely N-dealkylation sites (N-methyl/N-ethyl adjacent to an activating group) is 1. The molecule has 1 amide bonds. The number of allylic oxidation sites excluding steroid dienone is 1. The van der Waals surface area contributed by atoms with E-state index in [4.69, 9.17) is 19.6 Å². The Labute approximate surface area is 233 Å². The Kier molecular flexibility index (Phi) is 9.29. The number of carbonyl (C=O) groups excluding carboxylic acids is 2. The molecule has 2 heterocycles. The van der Waals surface area contributed by atoms with E-state index in [1.807, 2.05) is 65.0 Å². The molecule has 0 saturated carbocycles. The Balaban J connectivity index is 1.60. The van der Waals surface area contributed by atoms with Crippen molar-refractivity contribution in [2.24, 2.45) is 0 Å². The number of nitrogens with zero attached hydrogens (tertiary/aromatic N) is 4. The van der Waals surface area contributed by atoms with Gasteiger partial charge >= 0.3 is 5.97 Å². The van der Waals surface area contributed by atoms with Gasteiger partial charge in [-0.3, -0.25) is 4.79 Å². The Morgan fingerprint density at radius 3 is 2.41 bits per heavy atom. The number of nitrogens with one attached hydrogen (secondary N) is 1. The summed E-state index contributed by atoms with van der Waals surface area (Å²) in [6.07, 6.45) is -0.272. The van der Waals surface area contributed by atoms with Gasteiger partial charge in [0.05, 0.1) is 11.7 Å². The van der Waals surface area contributed by atoms with Crippen molar-refractivity contribution in [3.63, 3.8) is 0 Å². The van der Waals surface area contributed by atoms with Crippen molar-refractivity contribution in [2.75, 3.05) is 25.0 Å². The van der Waals surface area contributed by atoms with Gasteiger partial charge in [0.25, 0.3) is 5.91 Å². The van der Waals surface area contributed by atoms with Crippen molar-refractivity contribution >= 4 is 29.6 Å². The van der Waals surface area contributed by atoms with Crippen LogP contribution in [0, 0.1) is 0 Å². The minimum Gasteiger partial charge on any atom is -0.484 e. The van der Waals surface area contributed by atoms with Crippen molar-refractivity contribution in [3.05, 3.63) is 77.0 Å². The SMILES string of the molecule is CCN(CC)C(=O)COc1ccc(C2C(C(=O)OC(C)C)=C(C)Nc3nc(SCc4ccccc4)nn32)cc1. The fourth-order valence-corrected chi connectivity index (χ4v) is 5.11. The molecule has 1 aliphatic heterocycles. The predicted octanol–water partition coefficient (Wildman–Crippen LogP) is 5.06. The average molecular weight is 550 g/mol. The molecule has 0 saturated heterocycles. The summed E-state index contributed by atoms with van der Waals surface area (Å²) in [4.78, 5) is 32.0. The first-order chi connectivity index (χ1) is 18.8. The number of anilines is 1. The monoisotopic (exact) mass is 549 g/mol. The van der Waals surface area contributed by atoms with Crippen LogP contribution in [0.1, 0.15) is 51.8 Å². The summed E-state index contributed by atoms with van der Waals surface area (Å²) in [6, 6.07) is 16.9. The number of aromatic nitrogens is 3. The van der Waals surface area contributed by atoms with Gasteiger partial charge in [-0.25, -0.2) is 9.48 Å². The second kappa shape index (κ2) is 12.8. The molecule has 1 unspecified atom stereocenters. The van der Waals surface area contributed by atoms with E-state index in [0.29, 0.717) is 41.2 Å². The van der Waals surface area contributed by atoms with E-state index in [1.54, 1.807) is 21.7 Å². The molecule has 4 rings (SSSR count). The van der Waals surface area contributed by atoms with Crippen LogP contribution in [0.3, 0.4) is 0 Å². The minimum atomic E-state index is -0.544. The number of carbonyl (C=O) groups is 2. The summed E-state index contributed by atoms with van der Waals surface area (Å²) in [7, 11) is 0. The molecule has 0 fully saturated rings. The molecule has 1 atom stereocenters. The zero-order valence-corrected chi connectivity index (χ0v) is 23.8. The van der Waals surface area contributed by atoms with Crippen LogP contribution >= 0.6 is 11.8 Å². The van der Waals surface area contributed by atoms with Gasteiger partial charge in [-0.1, -0.05) is 54.2 Å². The van der Waals surface area contributed by atoms with Gasteiger partial charge in [0.15, 0.2) is 6.61 Å². The van der Waals surface area contributed by atoms with E-state index in [1.165, 1.54) is 17.3 Å². The van der Waals surface area contributed by atoms with Crippen LogP contribution in [0.5, 0.6) is 5.75 Å². The fourth-order valence-electron chi connectivity index (χ4n) is 4.32. The molecule has 1 aliphatic rings. The summed E-state index contributed by atoms with van der Waals surface area (Å²) in [5.74, 6) is 1.37. The van der Waals surface area contributed by atoms with Gasteiger partial charge in [0.2, 0.25) is 11.1 Å². The van der Waals surface area contributed by atoms with Crippen LogP contribution in [-0.2, 0) is 20.1 Å². The maximum Gasteiger partial charge on any atom is 0.338 e. The third-order valence-corrected chi connectivity index (χ3v) is 7.19. The van der Waals surface area contributed by atoms with Crippen LogP contribution in [-0.4, -0.2) is 57.3 Å².